The summed E-state index contributed by atoms with van der Waals surface area (Å²) in [5, 5.41) is 4.06. The van der Waals surface area contributed by atoms with Crippen molar-refractivity contribution in [3.8, 4) is 11.3 Å². The zero-order valence-corrected chi connectivity index (χ0v) is 16.7. The van der Waals surface area contributed by atoms with Crippen molar-refractivity contribution in [2.24, 2.45) is 0 Å². The Morgan fingerprint density at radius 3 is 2.58 bits per heavy atom. The zero-order valence-electron chi connectivity index (χ0n) is 16.7. The average molecular weight is 415 g/mol. The first-order chi connectivity index (χ1) is 15.2. The zero-order chi connectivity index (χ0) is 21.2. The van der Waals surface area contributed by atoms with E-state index in [2.05, 4.69) is 20.3 Å². The van der Waals surface area contributed by atoms with Crippen LogP contribution >= 0.6 is 0 Å². The molecule has 31 heavy (non-hydrogen) atoms. The highest BCUT2D eigenvalue weighted by Gasteiger charge is 2.22. The maximum Gasteiger partial charge on any atom is 0.252 e. The SMILES string of the molecule is O=C(NC1CCN(c2nccc(=O)[nH]2)CC1)c1ccc(-c2nccc3occc23)cc1. The summed E-state index contributed by atoms with van der Waals surface area (Å²) in [7, 11) is 0. The number of piperidine rings is 1. The normalized spacial score (nSPS) is 14.6. The molecule has 2 N–H and O–H groups in total. The van der Waals surface area contributed by atoms with Gasteiger partial charge in [-0.2, -0.15) is 0 Å². The first-order valence-electron chi connectivity index (χ1n) is 10.2. The molecule has 8 nitrogen and oxygen atoms in total. The second-order valence-corrected chi connectivity index (χ2v) is 7.56. The Bertz CT molecular complexity index is 1270. The van der Waals surface area contributed by atoms with Gasteiger partial charge in [0.25, 0.3) is 11.5 Å². The Morgan fingerprint density at radius 2 is 1.81 bits per heavy atom. The highest BCUT2D eigenvalue weighted by Crippen LogP contribution is 2.27. The largest absolute Gasteiger partial charge is 0.464 e. The van der Waals surface area contributed by atoms with Gasteiger partial charge >= 0.3 is 0 Å². The summed E-state index contributed by atoms with van der Waals surface area (Å²) in [5.74, 6) is 0.486. The van der Waals surface area contributed by atoms with E-state index in [4.69, 9.17) is 4.42 Å². The van der Waals surface area contributed by atoms with Crippen molar-refractivity contribution in [2.75, 3.05) is 18.0 Å². The lowest BCUT2D eigenvalue weighted by atomic mass is 10.0. The maximum absolute atomic E-state index is 12.7. The fraction of sp³-hybridized carbons (Fsp3) is 0.217. The van der Waals surface area contributed by atoms with Gasteiger partial charge in [-0.25, -0.2) is 4.98 Å². The molecule has 1 fully saturated rings. The summed E-state index contributed by atoms with van der Waals surface area (Å²) in [6.07, 6.45) is 6.45. The Kier molecular flexibility index (Phi) is 4.95. The van der Waals surface area contributed by atoms with Crippen LogP contribution in [0.2, 0.25) is 0 Å². The van der Waals surface area contributed by atoms with Gasteiger partial charge in [0.1, 0.15) is 5.58 Å². The smallest absolute Gasteiger partial charge is 0.252 e. The molecule has 0 atom stereocenters. The quantitative estimate of drug-likeness (QED) is 0.531. The standard InChI is InChI=1S/C23H21N5O3/c29-20-6-11-25-23(27-20)28-12-7-17(8-13-28)26-22(30)16-3-1-15(2-4-16)21-18-9-14-31-19(18)5-10-24-21/h1-6,9-11,14,17H,7-8,12-13H2,(H,26,30)(H,25,27,29). The van der Waals surface area contributed by atoms with Gasteiger partial charge in [0.2, 0.25) is 5.95 Å². The lowest BCUT2D eigenvalue weighted by molar-refractivity contribution is 0.0931. The molecule has 1 saturated heterocycles. The van der Waals surface area contributed by atoms with Crippen LogP contribution in [0.4, 0.5) is 5.95 Å². The number of rotatable bonds is 4. The Labute approximate surface area is 177 Å². The fourth-order valence-corrected chi connectivity index (χ4v) is 3.93. The highest BCUT2D eigenvalue weighted by molar-refractivity contribution is 5.96. The van der Waals surface area contributed by atoms with Crippen molar-refractivity contribution < 1.29 is 9.21 Å². The first-order valence-corrected chi connectivity index (χ1v) is 10.2. The molecular formula is C23H21N5O3. The van der Waals surface area contributed by atoms with Crippen LogP contribution in [-0.4, -0.2) is 40.0 Å². The molecule has 1 aliphatic rings. The minimum atomic E-state index is -0.164. The molecule has 4 aromatic rings. The van der Waals surface area contributed by atoms with E-state index in [0.717, 1.165) is 48.2 Å². The number of amides is 1. The number of pyridine rings is 1. The van der Waals surface area contributed by atoms with Crippen molar-refractivity contribution in [2.45, 2.75) is 18.9 Å². The third-order valence-corrected chi connectivity index (χ3v) is 5.59. The minimum Gasteiger partial charge on any atom is -0.464 e. The lowest BCUT2D eigenvalue weighted by Crippen LogP contribution is -2.45. The van der Waals surface area contributed by atoms with E-state index in [0.29, 0.717) is 11.5 Å². The molecule has 4 heterocycles. The number of carbonyl (C=O) groups excluding carboxylic acids is 1. The molecular weight excluding hydrogens is 394 g/mol. The number of hydrogen-bond donors (Lipinski definition) is 2. The van der Waals surface area contributed by atoms with Crippen molar-refractivity contribution in [3.63, 3.8) is 0 Å². The predicted octanol–water partition coefficient (Wildman–Crippen LogP) is 2.98. The van der Waals surface area contributed by atoms with Crippen LogP contribution in [0.15, 0.2) is 70.3 Å². The topological polar surface area (TPSA) is 104 Å². The van der Waals surface area contributed by atoms with Crippen molar-refractivity contribution in [3.05, 3.63) is 77.0 Å². The average Bonchev–Trinajstić information content (AvgIpc) is 3.29. The van der Waals surface area contributed by atoms with E-state index < -0.39 is 0 Å². The molecule has 1 amide bonds. The second kappa shape index (κ2) is 8.06. The van der Waals surface area contributed by atoms with Gasteiger partial charge in [0.05, 0.1) is 12.0 Å². The number of H-pyrrole nitrogens is 1. The number of carbonyl (C=O) groups is 1. The molecule has 156 valence electrons. The van der Waals surface area contributed by atoms with Crippen LogP contribution in [0, 0.1) is 0 Å². The number of fused-ring (bicyclic) bond motifs is 1. The Morgan fingerprint density at radius 1 is 1.03 bits per heavy atom. The maximum atomic E-state index is 12.7. The summed E-state index contributed by atoms with van der Waals surface area (Å²) < 4.78 is 5.44. The molecule has 1 aromatic carbocycles. The number of hydrogen-bond acceptors (Lipinski definition) is 6. The van der Waals surface area contributed by atoms with Crippen molar-refractivity contribution in [1.29, 1.82) is 0 Å². The molecule has 0 aliphatic carbocycles. The number of aromatic amines is 1. The molecule has 0 radical (unpaired) electrons. The van der Waals surface area contributed by atoms with E-state index >= 15 is 0 Å². The molecule has 8 heteroatoms. The summed E-state index contributed by atoms with van der Waals surface area (Å²) >= 11 is 0. The molecule has 1 aliphatic heterocycles. The van der Waals surface area contributed by atoms with Crippen molar-refractivity contribution >= 4 is 22.8 Å². The number of furan rings is 1. The molecule has 0 bridgehead atoms. The van der Waals surface area contributed by atoms with Gasteiger partial charge in [-0.3, -0.25) is 19.6 Å². The van der Waals surface area contributed by atoms with E-state index in [9.17, 15) is 9.59 Å². The van der Waals surface area contributed by atoms with Crippen LogP contribution in [0.5, 0.6) is 0 Å². The minimum absolute atomic E-state index is 0.0835. The Balaban J connectivity index is 1.22. The van der Waals surface area contributed by atoms with Crippen LogP contribution in [0.3, 0.4) is 0 Å². The van der Waals surface area contributed by atoms with Crippen molar-refractivity contribution in [1.82, 2.24) is 20.3 Å². The van der Waals surface area contributed by atoms with Crippen LogP contribution in [-0.2, 0) is 0 Å². The van der Waals surface area contributed by atoms with Gasteiger partial charge in [-0.1, -0.05) is 12.1 Å². The number of anilines is 1. The van der Waals surface area contributed by atoms with E-state index in [1.165, 1.54) is 12.3 Å². The molecule has 0 saturated carbocycles. The first kappa shape index (κ1) is 19.0. The number of nitrogens with zero attached hydrogens (tertiary/aromatic N) is 3. The third-order valence-electron chi connectivity index (χ3n) is 5.59. The fourth-order valence-electron chi connectivity index (χ4n) is 3.93. The highest BCUT2D eigenvalue weighted by atomic mass is 16.3. The van der Waals surface area contributed by atoms with Crippen LogP contribution < -0.4 is 15.8 Å². The van der Waals surface area contributed by atoms with Gasteiger partial charge in [-0.05, 0) is 37.1 Å². The number of aromatic nitrogens is 3. The molecule has 0 unspecified atom stereocenters. The molecule has 5 rings (SSSR count). The second-order valence-electron chi connectivity index (χ2n) is 7.56. The Hall–Kier alpha value is -3.94. The number of nitrogens with one attached hydrogen (secondary N) is 2. The van der Waals surface area contributed by atoms with Crippen LogP contribution in [0.25, 0.3) is 22.2 Å². The van der Waals surface area contributed by atoms with E-state index in [1.807, 2.05) is 41.3 Å². The number of benzene rings is 1. The van der Waals surface area contributed by atoms with E-state index in [-0.39, 0.29) is 17.5 Å². The summed E-state index contributed by atoms with van der Waals surface area (Å²) in [4.78, 5) is 37.6. The van der Waals surface area contributed by atoms with E-state index in [1.54, 1.807) is 12.5 Å². The summed E-state index contributed by atoms with van der Waals surface area (Å²) in [6, 6.07) is 12.7. The predicted molar refractivity (Wildman–Crippen MR) is 117 cm³/mol. The van der Waals surface area contributed by atoms with Gasteiger partial charge in [0, 0.05) is 54.1 Å². The lowest BCUT2D eigenvalue weighted by Gasteiger charge is -2.32. The van der Waals surface area contributed by atoms with Crippen LogP contribution in [0.1, 0.15) is 23.2 Å². The third kappa shape index (κ3) is 3.92. The summed E-state index contributed by atoms with van der Waals surface area (Å²) in [5.41, 5.74) is 3.00. The molecule has 3 aromatic heterocycles. The summed E-state index contributed by atoms with van der Waals surface area (Å²) in [6.45, 7) is 1.44. The molecule has 0 spiro atoms. The van der Waals surface area contributed by atoms with Gasteiger partial charge in [0.15, 0.2) is 0 Å². The van der Waals surface area contributed by atoms with Gasteiger partial charge in [-0.15, -0.1) is 0 Å². The monoisotopic (exact) mass is 415 g/mol. The van der Waals surface area contributed by atoms with Gasteiger partial charge < -0.3 is 14.6 Å².